The number of nitrogens with one attached hydrogen (secondary N) is 2. The van der Waals surface area contributed by atoms with Crippen LogP contribution >= 0.6 is 136 Å². The number of carbonyl (C=O) groups is 8. The fourth-order valence-corrected chi connectivity index (χ4v) is 13.9. The van der Waals surface area contributed by atoms with Gasteiger partial charge in [-0.25, -0.2) is 14.4 Å². The number of nitrogens with two attached hydrogens (primary N) is 1. The molecule has 2 aromatic carbocycles. The van der Waals surface area contributed by atoms with E-state index in [-0.39, 0.29) is 112 Å². The number of methoxy groups -OCH3 is 1. The second-order valence-corrected chi connectivity index (χ2v) is 47.9. The van der Waals surface area contributed by atoms with E-state index in [2.05, 4.69) is 194 Å². The average Bonchev–Trinajstić information content (AvgIpc) is 1.63. The van der Waals surface area contributed by atoms with E-state index < -0.39 is 29.1 Å². The van der Waals surface area contributed by atoms with Gasteiger partial charge in [-0.2, -0.15) is 6.42 Å². The predicted octanol–water partition coefficient (Wildman–Crippen LogP) is 21.7. The third-order valence-electron chi connectivity index (χ3n) is 16.8. The first kappa shape index (κ1) is 133. The van der Waals surface area contributed by atoms with E-state index in [1.807, 2.05) is 75.3 Å². The summed E-state index contributed by atoms with van der Waals surface area (Å²) in [4.78, 5) is 118. The number of hydrogen-bond donors (Lipinski definition) is 5. The number of pyridine rings is 6. The van der Waals surface area contributed by atoms with Gasteiger partial charge in [0.1, 0.15) is 28.8 Å². The molecule has 13 rings (SSSR count). The largest absolute Gasteiger partial charge is 1.00 e. The number of halogens is 8. The van der Waals surface area contributed by atoms with E-state index in [4.69, 9.17) is 34.9 Å². The van der Waals surface area contributed by atoms with Gasteiger partial charge in [0.15, 0.2) is 0 Å². The molecule has 3 fully saturated rings. The van der Waals surface area contributed by atoms with Crippen molar-refractivity contribution >= 4 is 192 Å². The zero-order chi connectivity index (χ0) is 92.8. The summed E-state index contributed by atoms with van der Waals surface area (Å²) in [5.74, 6) is 1.58. The Morgan fingerprint density at radius 3 is 1.25 bits per heavy atom. The second kappa shape index (κ2) is 75.1. The van der Waals surface area contributed by atoms with Gasteiger partial charge >= 0.3 is 97.4 Å². The third kappa shape index (κ3) is 59.7. The predicted molar refractivity (Wildman–Crippen MR) is 550 cm³/mol. The number of imide groups is 2. The Morgan fingerprint density at radius 2 is 0.900 bits per heavy atom. The minimum absolute atomic E-state index is 0. The van der Waals surface area contributed by atoms with E-state index >= 15 is 0 Å². The summed E-state index contributed by atoms with van der Waals surface area (Å²) in [6, 6.07) is 25.2. The Kier molecular flexibility index (Phi) is 77.1. The topological polar surface area (TPSA) is 357 Å². The van der Waals surface area contributed by atoms with Gasteiger partial charge < -0.3 is 63.0 Å². The number of aldehydes is 1. The molecule has 0 bridgehead atoms. The Balaban J connectivity index is -0.000000336. The molecule has 8 heterocycles. The summed E-state index contributed by atoms with van der Waals surface area (Å²) in [6.07, 6.45) is 35.9. The Labute approximate surface area is 877 Å². The number of fused-ring (bicyclic) bond motifs is 2. The zero-order valence-corrected chi connectivity index (χ0v) is 90.8. The number of rotatable bonds is 14. The minimum atomic E-state index is -1.06. The molecule has 5 amide bonds. The molecule has 6 aromatic heterocycles. The van der Waals surface area contributed by atoms with E-state index in [1.165, 1.54) is 74.7 Å². The molecule has 3 aliphatic carbocycles. The average molecular weight is 2460 g/mol. The smallest absolute Gasteiger partial charge is 1.00 e. The van der Waals surface area contributed by atoms with Crippen LogP contribution in [0.15, 0.2) is 186 Å². The summed E-state index contributed by atoms with van der Waals surface area (Å²) in [6.45, 7) is 25.5. The number of amides is 5. The molecule has 0 saturated heterocycles. The molecule has 3 radical (unpaired) electrons. The van der Waals surface area contributed by atoms with Gasteiger partial charge in [-0.15, -0.1) is 0 Å². The van der Waals surface area contributed by atoms with Crippen molar-refractivity contribution in [2.24, 2.45) is 23.5 Å². The molecule has 8 aromatic rings. The summed E-state index contributed by atoms with van der Waals surface area (Å²) in [5, 5.41) is 21.3. The van der Waals surface area contributed by atoms with Crippen molar-refractivity contribution in [1.82, 2.24) is 50.3 Å². The summed E-state index contributed by atoms with van der Waals surface area (Å²) >= 11 is 24.7. The molecule has 26 nitrogen and oxygen atoms in total. The van der Waals surface area contributed by atoms with Gasteiger partial charge in [-0.1, -0.05) is 99.4 Å². The minimum Gasteiger partial charge on any atom is 1.00 e. The Morgan fingerprint density at radius 1 is 0.562 bits per heavy atom. The van der Waals surface area contributed by atoms with Crippen molar-refractivity contribution in [3.05, 3.63) is 243 Å². The van der Waals surface area contributed by atoms with Crippen molar-refractivity contribution in [3.8, 4) is 5.75 Å². The first-order valence-corrected chi connectivity index (χ1v) is 53.4. The van der Waals surface area contributed by atoms with Crippen LogP contribution in [0, 0.1) is 24.7 Å². The molecular weight excluding hydrogens is 2330 g/mol. The van der Waals surface area contributed by atoms with Crippen LogP contribution in [0.25, 0.3) is 0 Å². The fourth-order valence-electron chi connectivity index (χ4n) is 11.5. The normalized spacial score (nSPS) is 12.8. The zero-order valence-electron chi connectivity index (χ0n) is 74.6. The number of nitrogens with zero attached hydrogens (tertiary/aromatic N) is 8. The molecule has 2 aliphatic heterocycles. The number of benzene rings is 2. The Hall–Kier alpha value is -5.07. The molecule has 37 heteroatoms. The van der Waals surface area contributed by atoms with Crippen molar-refractivity contribution in [2.45, 2.75) is 232 Å². The van der Waals surface area contributed by atoms with Crippen molar-refractivity contribution < 1.29 is 113 Å². The van der Waals surface area contributed by atoms with Crippen LogP contribution in [0.2, 0.25) is 0 Å². The summed E-state index contributed by atoms with van der Waals surface area (Å²) < 4.78 is 29.9. The maximum atomic E-state index is 12.5. The number of aliphatic hydroxyl groups is 2. The van der Waals surface area contributed by atoms with Crippen LogP contribution in [0.1, 0.15) is 253 Å². The van der Waals surface area contributed by atoms with Crippen LogP contribution in [-0.4, -0.2) is 151 Å². The maximum Gasteiger partial charge on any atom is 1.00 e. The van der Waals surface area contributed by atoms with Gasteiger partial charge in [0.05, 0.1) is 55.3 Å². The number of aromatic nitrogens is 6. The van der Waals surface area contributed by atoms with Crippen LogP contribution < -0.4 is 50.7 Å². The SMILES string of the molecule is Brc1cncc(CNCC2CCCC2)c1.C.C.C.C.CC(C)(C)OC(=O)N(Cc1cncc(Br)c1)CC1CCCC1.CC(C)(C)OC(=O)OC(=O)OC(C)(C)C.CO.COc1cncc(Br)c1.NCc1cncc(Br)c1.O=C1NC(=O)c2ccccc21.O=C1c2ccccc2C(=O)N1Cc1cncc(Br)c1.O=CC1CCCC1.OCc1cncc(Br)c1.[B].[CH2-]CC.[H-].[I][V][I].[Na+]. The third-order valence-corrected chi connectivity index (χ3v) is 19.4. The van der Waals surface area contributed by atoms with Crippen LogP contribution in [-0.2, 0) is 66.0 Å². The Bertz CT molecular complexity index is 4340. The van der Waals surface area contributed by atoms with Gasteiger partial charge in [0.2, 0.25) is 0 Å². The molecule has 0 spiro atoms. The van der Waals surface area contributed by atoms with Crippen molar-refractivity contribution in [1.29, 1.82) is 0 Å². The van der Waals surface area contributed by atoms with E-state index in [9.17, 15) is 38.4 Å². The molecule has 714 valence electrons. The summed E-state index contributed by atoms with van der Waals surface area (Å²) in [5.41, 5.74) is 10.3. The van der Waals surface area contributed by atoms with Gasteiger partial charge in [0, 0.05) is 136 Å². The van der Waals surface area contributed by atoms with Gasteiger partial charge in [0.25, 0.3) is 23.6 Å². The number of ether oxygens (including phenoxy) is 5. The van der Waals surface area contributed by atoms with Crippen molar-refractivity contribution in [2.75, 3.05) is 27.3 Å². The summed E-state index contributed by atoms with van der Waals surface area (Å²) in [7, 11) is 3.24. The standard InChI is InChI=1S/C17H25BrN2O2.C14H9BrN2O2.C12H17BrN2.C10H18O5.C8H5NO2.C6H7BrN2.2C6H6BrNO.C6H10O.C3H7.CH4O.4CH4.B.2HI.Na.V.H/c1-17(2,3)22-16(21)20(11-13-6-4-5-7-13)12-14-8-15(18)10-19-9-14;15-10-5-9(6-16-7-10)8-17-13(18)11-3-1-2-4-12(11)14(17)19;13-12-5-11(8-15-9-12)7-14-6-10-3-1-2-4-10;1-9(2,3)14-7(11)13-8(12)15-10(4,5)6;10-7-5-3-1-2-4-6(5)8(11)9-7;7-6-1-5(2-8)3-9-4-6;1-9-6-2-5(7)3-8-4-6;7-6-1-5(4-9)2-8-3-6;7-5-6-3-1-2-4-6;1-3-2;1-2;;;;;;;;;;/h8-10,13H,4-7,11-12H2,1-3H3;1-7H,8H2;5,8-10,14H,1-4,6-7H2;1-6H3;1-4H,(H,9,10,11);1,3-4H,2,8H2;2-4H,1H3;1-3,9H,4H2;5-6H,1-4H2;1,3H2,2H3;2H,1H3;4*1H4;;2*1H;;;/q;;;;;;;;;-1;;;;;;;;;+1;+2;-1/p-2. The number of aliphatic hydroxyl groups excluding tert-OH is 2. The molecule has 130 heavy (non-hydrogen) atoms. The molecule has 0 unspecified atom stereocenters. The molecule has 6 N–H and O–H groups in total. The van der Waals surface area contributed by atoms with E-state index in [1.54, 1.807) is 159 Å². The molecule has 0 atom stereocenters. The van der Waals surface area contributed by atoms with Crippen LogP contribution in [0.5, 0.6) is 5.75 Å². The fraction of sp³-hybridized carbons (Fsp3) is 0.452. The number of carbonyl (C=O) groups excluding carboxylic acids is 8. The molecule has 5 aliphatic rings. The monoisotopic (exact) mass is 2450 g/mol. The first-order valence-electron chi connectivity index (χ1n) is 39.6. The molecular formula is C93H131BBr6I2N11NaO15V-. The first-order chi connectivity index (χ1) is 58.9. The van der Waals surface area contributed by atoms with E-state index in [0.717, 1.165) is 113 Å². The van der Waals surface area contributed by atoms with Gasteiger partial charge in [-0.05, 0) is 303 Å². The quantitative estimate of drug-likeness (QED) is 0.00986. The van der Waals surface area contributed by atoms with Gasteiger partial charge in [-0.3, -0.25) is 59.3 Å². The van der Waals surface area contributed by atoms with Crippen molar-refractivity contribution in [3.63, 3.8) is 0 Å². The van der Waals surface area contributed by atoms with Crippen LogP contribution in [0.4, 0.5) is 14.4 Å². The number of hydrogen-bond acceptors (Lipinski definition) is 23. The van der Waals surface area contributed by atoms with Crippen LogP contribution in [0.3, 0.4) is 0 Å². The van der Waals surface area contributed by atoms with E-state index in [0.29, 0.717) is 56.6 Å². The second-order valence-electron chi connectivity index (χ2n) is 30.6. The molecule has 3 saturated carbocycles. The maximum absolute atomic E-state index is 12.5.